The molecule has 0 radical (unpaired) electrons. The van der Waals surface area contributed by atoms with Crippen LogP contribution < -0.4 is 0 Å². The second-order valence-corrected chi connectivity index (χ2v) is 10.2. The molecule has 0 spiro atoms. The number of thiocarbonyl (C=S) groups is 1. The van der Waals surface area contributed by atoms with Gasteiger partial charge in [-0.05, 0) is 25.1 Å². The van der Waals surface area contributed by atoms with Crippen molar-refractivity contribution in [2.75, 3.05) is 6.61 Å². The quantitative estimate of drug-likeness (QED) is 0.0948. The minimum atomic E-state index is 0.842. The topological polar surface area (TPSA) is 9.23 Å². The zero-order valence-electron chi connectivity index (χ0n) is 21.7. The van der Waals surface area contributed by atoms with E-state index in [2.05, 4.69) is 13.8 Å². The van der Waals surface area contributed by atoms with E-state index in [0.29, 0.717) is 0 Å². The van der Waals surface area contributed by atoms with Crippen molar-refractivity contribution in [3.63, 3.8) is 0 Å². The monoisotopic (exact) mass is 454 g/mol. The van der Waals surface area contributed by atoms with Gasteiger partial charge in [-0.2, -0.15) is 0 Å². The molecule has 0 saturated heterocycles. The van der Waals surface area contributed by atoms with Gasteiger partial charge in [-0.15, -0.1) is 0 Å². The Hall–Kier alpha value is -0.110. The number of hydrogen-bond donors (Lipinski definition) is 0. The summed E-state index contributed by atoms with van der Waals surface area (Å²) in [6.07, 6.45) is 34.4. The van der Waals surface area contributed by atoms with Crippen LogP contribution in [0.1, 0.15) is 174 Å². The summed E-state index contributed by atoms with van der Waals surface area (Å²) < 4.78 is 5.76. The number of ether oxygens (including phenoxy) is 1. The van der Waals surface area contributed by atoms with E-state index in [-0.39, 0.29) is 0 Å². The molecule has 0 bridgehead atoms. The Kier molecular flexibility index (Phi) is 27.8. The lowest BCUT2D eigenvalue weighted by atomic mass is 10.0. The van der Waals surface area contributed by atoms with Crippen molar-refractivity contribution in [2.45, 2.75) is 174 Å². The average molecular weight is 455 g/mol. The fourth-order valence-corrected chi connectivity index (χ4v) is 4.54. The standard InChI is InChI=1S/C29H58OS/c1-3-5-7-9-11-13-15-16-17-19-21-23-25-27-29(31)30-28-26-24-22-20-18-14-12-10-8-6-4-2/h3-28H2,1-2H3. The first-order valence-electron chi connectivity index (χ1n) is 14.5. The molecular weight excluding hydrogens is 396 g/mol. The van der Waals surface area contributed by atoms with Crippen LogP contribution in [-0.2, 0) is 4.74 Å². The van der Waals surface area contributed by atoms with Crippen molar-refractivity contribution in [3.8, 4) is 0 Å². The molecule has 0 heterocycles. The second kappa shape index (κ2) is 27.9. The average Bonchev–Trinajstić information content (AvgIpc) is 2.77. The first kappa shape index (κ1) is 30.9. The van der Waals surface area contributed by atoms with Crippen LogP contribution >= 0.6 is 12.2 Å². The Balaban J connectivity index is 3.14. The van der Waals surface area contributed by atoms with Gasteiger partial charge in [0.05, 0.1) is 6.61 Å². The van der Waals surface area contributed by atoms with Crippen LogP contribution in [0.25, 0.3) is 0 Å². The summed E-state index contributed by atoms with van der Waals surface area (Å²) in [5.41, 5.74) is 0. The van der Waals surface area contributed by atoms with E-state index < -0.39 is 0 Å². The summed E-state index contributed by atoms with van der Waals surface area (Å²) in [4.78, 5) is 0. The van der Waals surface area contributed by atoms with E-state index in [1.807, 2.05) is 0 Å². The van der Waals surface area contributed by atoms with Gasteiger partial charge in [0.2, 0.25) is 0 Å². The van der Waals surface area contributed by atoms with Gasteiger partial charge >= 0.3 is 0 Å². The van der Waals surface area contributed by atoms with Gasteiger partial charge in [0.15, 0.2) is 5.05 Å². The first-order valence-corrected chi connectivity index (χ1v) is 14.9. The maximum Gasteiger partial charge on any atom is 0.159 e. The molecule has 0 saturated carbocycles. The van der Waals surface area contributed by atoms with E-state index in [1.54, 1.807) is 0 Å². The third-order valence-corrected chi connectivity index (χ3v) is 6.82. The van der Waals surface area contributed by atoms with Crippen LogP contribution in [0, 0.1) is 0 Å². The Morgan fingerprint density at radius 1 is 0.419 bits per heavy atom. The molecule has 0 aliphatic carbocycles. The van der Waals surface area contributed by atoms with Crippen LogP contribution in [0.3, 0.4) is 0 Å². The first-order chi connectivity index (χ1) is 15.3. The van der Waals surface area contributed by atoms with Gasteiger partial charge in [-0.25, -0.2) is 0 Å². The lowest BCUT2D eigenvalue weighted by Crippen LogP contribution is -2.03. The van der Waals surface area contributed by atoms with Gasteiger partial charge in [0, 0.05) is 6.42 Å². The summed E-state index contributed by atoms with van der Waals surface area (Å²) >= 11 is 5.40. The maximum atomic E-state index is 5.76. The Morgan fingerprint density at radius 3 is 1.06 bits per heavy atom. The van der Waals surface area contributed by atoms with E-state index >= 15 is 0 Å². The zero-order valence-corrected chi connectivity index (χ0v) is 22.5. The molecule has 0 amide bonds. The Bertz CT molecular complexity index is 342. The van der Waals surface area contributed by atoms with Crippen molar-refractivity contribution in [1.82, 2.24) is 0 Å². The van der Waals surface area contributed by atoms with Crippen LogP contribution in [0.15, 0.2) is 0 Å². The van der Waals surface area contributed by atoms with Crippen LogP contribution in [0.2, 0.25) is 0 Å². The predicted octanol–water partition coefficient (Wildman–Crippen LogP) is 11.1. The minimum absolute atomic E-state index is 0.842. The molecule has 31 heavy (non-hydrogen) atoms. The fourth-order valence-electron chi connectivity index (χ4n) is 4.31. The van der Waals surface area contributed by atoms with E-state index in [4.69, 9.17) is 17.0 Å². The van der Waals surface area contributed by atoms with Crippen LogP contribution in [-0.4, -0.2) is 11.7 Å². The van der Waals surface area contributed by atoms with Crippen molar-refractivity contribution < 1.29 is 4.74 Å². The Labute approximate surface area is 202 Å². The molecule has 0 unspecified atom stereocenters. The van der Waals surface area contributed by atoms with E-state index in [9.17, 15) is 0 Å². The highest BCUT2D eigenvalue weighted by molar-refractivity contribution is 7.80. The molecule has 0 N–H and O–H groups in total. The lowest BCUT2D eigenvalue weighted by molar-refractivity contribution is 0.290. The SMILES string of the molecule is CCCCCCCCCCCCCCCC(=S)OCCCCCCCCCCCCC. The molecule has 2 heteroatoms. The molecular formula is C29H58OS. The molecule has 0 fully saturated rings. The second-order valence-electron chi connectivity index (χ2n) is 9.75. The number of unbranched alkanes of at least 4 members (excludes halogenated alkanes) is 22. The van der Waals surface area contributed by atoms with Crippen molar-refractivity contribution in [1.29, 1.82) is 0 Å². The number of rotatable bonds is 26. The van der Waals surface area contributed by atoms with Gasteiger partial charge in [0.1, 0.15) is 0 Å². The smallest absolute Gasteiger partial charge is 0.159 e. The van der Waals surface area contributed by atoms with Gasteiger partial charge in [-0.1, -0.05) is 155 Å². The zero-order chi connectivity index (χ0) is 22.7. The Morgan fingerprint density at radius 2 is 0.710 bits per heavy atom. The highest BCUT2D eigenvalue weighted by atomic mass is 32.1. The highest BCUT2D eigenvalue weighted by Gasteiger charge is 1.99. The van der Waals surface area contributed by atoms with Gasteiger partial charge < -0.3 is 4.74 Å². The highest BCUT2D eigenvalue weighted by Crippen LogP contribution is 2.14. The molecule has 0 rings (SSSR count). The van der Waals surface area contributed by atoms with Crippen LogP contribution in [0.5, 0.6) is 0 Å². The molecule has 0 aromatic carbocycles. The third kappa shape index (κ3) is 27.9. The van der Waals surface area contributed by atoms with Crippen molar-refractivity contribution >= 4 is 17.3 Å². The van der Waals surface area contributed by atoms with Crippen molar-refractivity contribution in [3.05, 3.63) is 0 Å². The lowest BCUT2D eigenvalue weighted by Gasteiger charge is -2.08. The molecule has 1 nitrogen and oxygen atoms in total. The maximum absolute atomic E-state index is 5.76. The minimum Gasteiger partial charge on any atom is -0.487 e. The van der Waals surface area contributed by atoms with Gasteiger partial charge in [-0.3, -0.25) is 0 Å². The summed E-state index contributed by atoms with van der Waals surface area (Å²) in [6.45, 7) is 5.42. The molecule has 0 aromatic heterocycles. The normalized spacial score (nSPS) is 11.2. The molecule has 0 atom stereocenters. The fraction of sp³-hybridized carbons (Fsp3) is 0.966. The summed E-state index contributed by atoms with van der Waals surface area (Å²) in [5.74, 6) is 0. The predicted molar refractivity (Wildman–Crippen MR) is 145 cm³/mol. The summed E-state index contributed by atoms with van der Waals surface area (Å²) in [5, 5.41) is 0.857. The molecule has 0 aliphatic rings. The summed E-state index contributed by atoms with van der Waals surface area (Å²) in [7, 11) is 0. The van der Waals surface area contributed by atoms with Crippen LogP contribution in [0.4, 0.5) is 0 Å². The molecule has 0 aromatic rings. The largest absolute Gasteiger partial charge is 0.487 e. The van der Waals surface area contributed by atoms with Crippen molar-refractivity contribution in [2.24, 2.45) is 0 Å². The van der Waals surface area contributed by atoms with E-state index in [1.165, 1.54) is 154 Å². The van der Waals surface area contributed by atoms with Gasteiger partial charge in [0.25, 0.3) is 0 Å². The molecule has 0 aliphatic heterocycles. The number of hydrogen-bond acceptors (Lipinski definition) is 2. The molecule has 186 valence electrons. The third-order valence-electron chi connectivity index (χ3n) is 6.50. The summed E-state index contributed by atoms with van der Waals surface area (Å²) in [6, 6.07) is 0. The van der Waals surface area contributed by atoms with E-state index in [0.717, 1.165) is 18.1 Å².